The smallest absolute Gasteiger partial charge is 0.201 e. The van der Waals surface area contributed by atoms with Crippen LogP contribution >= 0.6 is 0 Å². The van der Waals surface area contributed by atoms with Crippen LogP contribution in [0, 0.1) is 0 Å². The summed E-state index contributed by atoms with van der Waals surface area (Å²) in [5.41, 5.74) is 1.38. The molecule has 72 valence electrons. The van der Waals surface area contributed by atoms with E-state index in [0.29, 0.717) is 6.54 Å². The van der Waals surface area contributed by atoms with Crippen molar-refractivity contribution in [3.63, 3.8) is 0 Å². The first-order valence-corrected chi connectivity index (χ1v) is 4.80. The fourth-order valence-electron chi connectivity index (χ4n) is 0.139. The SMILES string of the molecule is C=CCN[SH](=O)=O.CC=C(C)C. The largest absolute Gasteiger partial charge is 0.216 e. The topological polar surface area (TPSA) is 46.2 Å². The van der Waals surface area contributed by atoms with Crippen LogP contribution in [0.5, 0.6) is 0 Å². The molecule has 0 aliphatic rings. The van der Waals surface area contributed by atoms with Crippen molar-refractivity contribution in [3.8, 4) is 0 Å². The van der Waals surface area contributed by atoms with Gasteiger partial charge >= 0.3 is 0 Å². The Hall–Kier alpha value is -0.610. The summed E-state index contributed by atoms with van der Waals surface area (Å²) in [5.74, 6) is 0. The molecule has 0 aliphatic heterocycles. The van der Waals surface area contributed by atoms with Gasteiger partial charge in [0.1, 0.15) is 0 Å². The van der Waals surface area contributed by atoms with Gasteiger partial charge in [-0.2, -0.15) is 0 Å². The van der Waals surface area contributed by atoms with E-state index in [9.17, 15) is 8.42 Å². The molecule has 0 atom stereocenters. The molecule has 4 heteroatoms. The molecule has 0 radical (unpaired) electrons. The molecule has 0 amide bonds. The van der Waals surface area contributed by atoms with Gasteiger partial charge in [0.25, 0.3) is 0 Å². The Morgan fingerprint density at radius 2 is 1.92 bits per heavy atom. The van der Waals surface area contributed by atoms with Crippen LogP contribution in [0.3, 0.4) is 0 Å². The molecule has 0 aromatic heterocycles. The van der Waals surface area contributed by atoms with Gasteiger partial charge < -0.3 is 0 Å². The normalized spacial score (nSPS) is 8.33. The van der Waals surface area contributed by atoms with Gasteiger partial charge in [-0.1, -0.05) is 17.7 Å². The number of thiol groups is 1. The first-order valence-electron chi connectivity index (χ1n) is 3.62. The number of hydrogen-bond donors (Lipinski definition) is 2. The quantitative estimate of drug-likeness (QED) is 0.521. The molecule has 1 N–H and O–H groups in total. The summed E-state index contributed by atoms with van der Waals surface area (Å²) in [6, 6.07) is 0. The van der Waals surface area contributed by atoms with E-state index in [1.807, 2.05) is 6.92 Å². The minimum atomic E-state index is -2.43. The van der Waals surface area contributed by atoms with Gasteiger partial charge in [0.2, 0.25) is 10.9 Å². The second-order valence-corrected chi connectivity index (χ2v) is 3.10. The molecular formula is C8H17NO2S. The van der Waals surface area contributed by atoms with Gasteiger partial charge in [-0.25, -0.2) is 13.1 Å². The van der Waals surface area contributed by atoms with E-state index >= 15 is 0 Å². The van der Waals surface area contributed by atoms with E-state index in [2.05, 4.69) is 31.2 Å². The monoisotopic (exact) mass is 191 g/mol. The van der Waals surface area contributed by atoms with Crippen molar-refractivity contribution in [3.05, 3.63) is 24.3 Å². The van der Waals surface area contributed by atoms with Gasteiger partial charge in [0, 0.05) is 6.54 Å². The Bertz CT molecular complexity index is 195. The molecule has 0 unspecified atom stereocenters. The van der Waals surface area contributed by atoms with Crippen molar-refractivity contribution in [1.82, 2.24) is 4.72 Å². The van der Waals surface area contributed by atoms with Crippen LogP contribution in [-0.4, -0.2) is 15.0 Å². The van der Waals surface area contributed by atoms with Crippen molar-refractivity contribution >= 4 is 10.9 Å². The summed E-state index contributed by atoms with van der Waals surface area (Å²) >= 11 is 0. The second-order valence-electron chi connectivity index (χ2n) is 2.27. The lowest BCUT2D eigenvalue weighted by molar-refractivity contribution is 0.605. The summed E-state index contributed by atoms with van der Waals surface area (Å²) in [6.45, 7) is 9.82. The number of hydrogen-bond acceptors (Lipinski definition) is 2. The van der Waals surface area contributed by atoms with Crippen LogP contribution in [0.15, 0.2) is 24.3 Å². The Morgan fingerprint density at radius 1 is 1.50 bits per heavy atom. The highest BCUT2D eigenvalue weighted by Crippen LogP contribution is 1.82. The minimum absolute atomic E-state index is 0.318. The van der Waals surface area contributed by atoms with Crippen LogP contribution in [0.2, 0.25) is 0 Å². The second kappa shape index (κ2) is 10.4. The highest BCUT2D eigenvalue weighted by atomic mass is 32.2. The number of allylic oxidation sites excluding steroid dienone is 2. The predicted octanol–water partition coefficient (Wildman–Crippen LogP) is 1.26. The summed E-state index contributed by atoms with van der Waals surface area (Å²) in [6.07, 6.45) is 3.56. The van der Waals surface area contributed by atoms with E-state index in [1.165, 1.54) is 11.6 Å². The molecule has 0 aliphatic carbocycles. The van der Waals surface area contributed by atoms with Gasteiger partial charge in [-0.15, -0.1) is 6.58 Å². The molecule has 3 nitrogen and oxygen atoms in total. The lowest BCUT2D eigenvalue weighted by atomic mass is 10.3. The fraction of sp³-hybridized carbons (Fsp3) is 0.500. The maximum absolute atomic E-state index is 9.64. The van der Waals surface area contributed by atoms with Gasteiger partial charge in [-0.3, -0.25) is 0 Å². The Labute approximate surface area is 76.3 Å². The molecule has 0 spiro atoms. The van der Waals surface area contributed by atoms with Gasteiger partial charge in [0.05, 0.1) is 0 Å². The van der Waals surface area contributed by atoms with Crippen molar-refractivity contribution in [2.24, 2.45) is 0 Å². The summed E-state index contributed by atoms with van der Waals surface area (Å²) in [5, 5.41) is 0. The molecular weight excluding hydrogens is 174 g/mol. The van der Waals surface area contributed by atoms with Crippen LogP contribution in [0.25, 0.3) is 0 Å². The van der Waals surface area contributed by atoms with Crippen LogP contribution in [-0.2, 0) is 10.9 Å². The molecule has 12 heavy (non-hydrogen) atoms. The van der Waals surface area contributed by atoms with Crippen molar-refractivity contribution < 1.29 is 8.42 Å². The third kappa shape index (κ3) is 22.8. The van der Waals surface area contributed by atoms with Crippen molar-refractivity contribution in [1.29, 1.82) is 0 Å². The fourth-order valence-corrected chi connectivity index (χ4v) is 0.417. The molecule has 0 rings (SSSR count). The summed E-state index contributed by atoms with van der Waals surface area (Å²) < 4.78 is 21.4. The van der Waals surface area contributed by atoms with E-state index < -0.39 is 10.9 Å². The van der Waals surface area contributed by atoms with E-state index in [1.54, 1.807) is 0 Å². The number of rotatable bonds is 3. The molecule has 0 saturated heterocycles. The standard InChI is InChI=1S/C5H10.C3H7NO2S/c1-4-5(2)3;1-2-3-4-7(5)6/h4H,1-3H3;2,7H,1,3H2,(H,4,5,6). The van der Waals surface area contributed by atoms with Gasteiger partial charge in [-0.05, 0) is 20.8 Å². The Kier molecular flexibility index (Phi) is 12.1. The molecule has 0 bridgehead atoms. The first kappa shape index (κ1) is 13.9. The molecule has 0 aromatic carbocycles. The molecule has 0 fully saturated rings. The molecule has 0 saturated carbocycles. The van der Waals surface area contributed by atoms with Crippen molar-refractivity contribution in [2.45, 2.75) is 20.8 Å². The van der Waals surface area contributed by atoms with Crippen LogP contribution < -0.4 is 4.72 Å². The molecule has 0 heterocycles. The highest BCUT2D eigenvalue weighted by molar-refractivity contribution is 7.70. The number of nitrogens with one attached hydrogen (secondary N) is 1. The summed E-state index contributed by atoms with van der Waals surface area (Å²) in [4.78, 5) is 0. The zero-order valence-electron chi connectivity index (χ0n) is 7.83. The third-order valence-electron chi connectivity index (χ3n) is 0.942. The average Bonchev–Trinajstić information content (AvgIpc) is 2.02. The first-order chi connectivity index (χ1) is 5.54. The lowest BCUT2D eigenvalue weighted by Crippen LogP contribution is -2.09. The zero-order chi connectivity index (χ0) is 9.98. The summed E-state index contributed by atoms with van der Waals surface area (Å²) in [7, 11) is -2.43. The Morgan fingerprint density at radius 3 is 2.00 bits per heavy atom. The van der Waals surface area contributed by atoms with E-state index in [0.717, 1.165) is 0 Å². The minimum Gasteiger partial charge on any atom is -0.216 e. The van der Waals surface area contributed by atoms with Crippen LogP contribution in [0.4, 0.5) is 0 Å². The maximum atomic E-state index is 9.64. The molecule has 0 aromatic rings. The Balaban J connectivity index is 0. The third-order valence-corrected chi connectivity index (χ3v) is 1.38. The van der Waals surface area contributed by atoms with Gasteiger partial charge in [0.15, 0.2) is 0 Å². The maximum Gasteiger partial charge on any atom is 0.201 e. The van der Waals surface area contributed by atoms with E-state index in [-0.39, 0.29) is 0 Å². The van der Waals surface area contributed by atoms with E-state index in [4.69, 9.17) is 0 Å². The average molecular weight is 191 g/mol. The van der Waals surface area contributed by atoms with Crippen molar-refractivity contribution in [2.75, 3.05) is 6.54 Å². The van der Waals surface area contributed by atoms with Crippen LogP contribution in [0.1, 0.15) is 20.8 Å². The zero-order valence-corrected chi connectivity index (χ0v) is 8.73. The predicted molar refractivity (Wildman–Crippen MR) is 53.6 cm³/mol. The highest BCUT2D eigenvalue weighted by Gasteiger charge is 1.73. The lowest BCUT2D eigenvalue weighted by Gasteiger charge is -1.81.